The molecule has 31 heavy (non-hydrogen) atoms. The molecule has 0 amide bonds. The molecule has 1 saturated heterocycles. The van der Waals surface area contributed by atoms with E-state index >= 15 is 0 Å². The third-order valence-corrected chi connectivity index (χ3v) is 5.54. The summed E-state index contributed by atoms with van der Waals surface area (Å²) in [5.74, 6) is 0.707. The lowest BCUT2D eigenvalue weighted by atomic mass is 10.00. The van der Waals surface area contributed by atoms with Crippen LogP contribution in [0.15, 0.2) is 36.9 Å². The normalized spacial score (nSPS) is 16.2. The highest BCUT2D eigenvalue weighted by Crippen LogP contribution is 2.27. The number of hydrogen-bond acceptors (Lipinski definition) is 8. The minimum atomic E-state index is -0.127. The second-order valence-electron chi connectivity index (χ2n) is 7.69. The van der Waals surface area contributed by atoms with Gasteiger partial charge in [0.05, 0.1) is 12.4 Å². The summed E-state index contributed by atoms with van der Waals surface area (Å²) in [4.78, 5) is 27.8. The zero-order valence-corrected chi connectivity index (χ0v) is 17.1. The highest BCUT2D eigenvalue weighted by atomic mass is 16.5. The van der Waals surface area contributed by atoms with E-state index < -0.39 is 0 Å². The highest BCUT2D eigenvalue weighted by Gasteiger charge is 2.23. The van der Waals surface area contributed by atoms with E-state index in [1.165, 1.54) is 4.80 Å². The number of anilines is 1. The third kappa shape index (κ3) is 3.66. The standard InChI is InChI=1S/C21H22N8O2/c1-13-10-23-17-5-3-15(11-28(13)17)18-21(29-24-7-8-25-29)27-20(22)19(26-18)16(30)4-2-14-6-9-31-12-14/h3,5,7-8,10-11,14H,2,4,6,9,12H2,1H3,(H2,22,27)/t14-/m0/s1. The van der Waals surface area contributed by atoms with Crippen molar-refractivity contribution < 1.29 is 9.53 Å². The van der Waals surface area contributed by atoms with Crippen LogP contribution in [0, 0.1) is 12.8 Å². The van der Waals surface area contributed by atoms with Crippen LogP contribution in [-0.4, -0.2) is 53.3 Å². The number of aryl methyl sites for hydroxylation is 1. The van der Waals surface area contributed by atoms with Crippen LogP contribution in [0.5, 0.6) is 0 Å². The second kappa shape index (κ2) is 7.88. The van der Waals surface area contributed by atoms with E-state index in [1.807, 2.05) is 29.7 Å². The quantitative estimate of drug-likeness (QED) is 0.473. The van der Waals surface area contributed by atoms with Gasteiger partial charge in [0, 0.05) is 43.3 Å². The van der Waals surface area contributed by atoms with Gasteiger partial charge >= 0.3 is 0 Å². The van der Waals surface area contributed by atoms with Crippen LogP contribution in [0.25, 0.3) is 22.7 Å². The average molecular weight is 418 g/mol. The van der Waals surface area contributed by atoms with Gasteiger partial charge in [-0.3, -0.25) is 4.79 Å². The fourth-order valence-corrected chi connectivity index (χ4v) is 3.81. The molecule has 5 heterocycles. The number of nitrogens with two attached hydrogens (primary N) is 1. The molecule has 0 unspecified atom stereocenters. The van der Waals surface area contributed by atoms with E-state index in [9.17, 15) is 4.79 Å². The maximum atomic E-state index is 13.0. The molecule has 4 aromatic rings. The molecule has 2 N–H and O–H groups in total. The zero-order chi connectivity index (χ0) is 21.4. The molecule has 0 saturated carbocycles. The van der Waals surface area contributed by atoms with Gasteiger partial charge in [0.15, 0.2) is 11.6 Å². The van der Waals surface area contributed by atoms with E-state index in [1.54, 1.807) is 18.6 Å². The molecule has 10 nitrogen and oxygen atoms in total. The van der Waals surface area contributed by atoms with E-state index in [0.29, 0.717) is 30.5 Å². The van der Waals surface area contributed by atoms with E-state index in [2.05, 4.69) is 25.1 Å². The number of imidazole rings is 1. The third-order valence-electron chi connectivity index (χ3n) is 5.54. The van der Waals surface area contributed by atoms with Crippen LogP contribution < -0.4 is 5.73 Å². The summed E-state index contributed by atoms with van der Waals surface area (Å²) >= 11 is 0. The van der Waals surface area contributed by atoms with Crippen molar-refractivity contribution in [2.75, 3.05) is 18.9 Å². The number of pyridine rings is 1. The lowest BCUT2D eigenvalue weighted by Crippen LogP contribution is -2.15. The van der Waals surface area contributed by atoms with Gasteiger partial charge in [-0.05, 0) is 37.8 Å². The lowest BCUT2D eigenvalue weighted by Gasteiger charge is -2.12. The smallest absolute Gasteiger partial charge is 0.202 e. The van der Waals surface area contributed by atoms with Gasteiger partial charge in [-0.1, -0.05) is 0 Å². The summed E-state index contributed by atoms with van der Waals surface area (Å²) in [5, 5.41) is 8.35. The van der Waals surface area contributed by atoms with Crippen molar-refractivity contribution in [1.82, 2.24) is 34.3 Å². The number of rotatable bonds is 6. The lowest BCUT2D eigenvalue weighted by molar-refractivity contribution is 0.0967. The molecular formula is C21H22N8O2. The summed E-state index contributed by atoms with van der Waals surface area (Å²) in [6.45, 7) is 3.43. The van der Waals surface area contributed by atoms with Gasteiger partial charge in [0.2, 0.25) is 5.82 Å². The average Bonchev–Trinajstić information content (AvgIpc) is 3.55. The number of nitrogens with zero attached hydrogens (tertiary/aromatic N) is 7. The molecule has 0 bridgehead atoms. The fourth-order valence-electron chi connectivity index (χ4n) is 3.81. The molecule has 0 radical (unpaired) electrons. The summed E-state index contributed by atoms with van der Waals surface area (Å²) in [6.07, 6.45) is 8.89. The van der Waals surface area contributed by atoms with E-state index in [4.69, 9.17) is 10.5 Å². The first-order valence-electron chi connectivity index (χ1n) is 10.2. The SMILES string of the molecule is Cc1cnc2ccc(-c3nc(C(=O)CC[C@H]4CCOC4)c(N)nc3-n3nccn3)cn12. The topological polar surface area (TPSA) is 126 Å². The molecule has 10 heteroatoms. The predicted octanol–water partition coefficient (Wildman–Crippen LogP) is 2.26. The maximum Gasteiger partial charge on any atom is 0.202 e. The van der Waals surface area contributed by atoms with E-state index in [0.717, 1.165) is 36.4 Å². The van der Waals surface area contributed by atoms with E-state index in [-0.39, 0.29) is 17.3 Å². The summed E-state index contributed by atoms with van der Waals surface area (Å²) in [5.41, 5.74) is 9.36. The highest BCUT2D eigenvalue weighted by molar-refractivity contribution is 5.99. The minimum absolute atomic E-state index is 0.0728. The maximum absolute atomic E-state index is 13.0. The van der Waals surface area contributed by atoms with Gasteiger partial charge < -0.3 is 14.9 Å². The number of ketones is 1. The monoisotopic (exact) mass is 418 g/mol. The molecule has 5 rings (SSSR count). The molecule has 1 aliphatic heterocycles. The number of carbonyl (C=O) groups is 1. The van der Waals surface area contributed by atoms with Gasteiger partial charge in [-0.2, -0.15) is 10.2 Å². The van der Waals surface area contributed by atoms with Gasteiger partial charge in [0.1, 0.15) is 17.0 Å². The predicted molar refractivity (Wildman–Crippen MR) is 113 cm³/mol. The molecule has 0 aromatic carbocycles. The Bertz CT molecular complexity index is 1240. The first kappa shape index (κ1) is 19.3. The van der Waals surface area contributed by atoms with Crippen molar-refractivity contribution in [3.63, 3.8) is 0 Å². The molecule has 4 aromatic heterocycles. The minimum Gasteiger partial charge on any atom is -0.382 e. The summed E-state index contributed by atoms with van der Waals surface area (Å²) < 4.78 is 7.36. The zero-order valence-electron chi connectivity index (χ0n) is 17.1. The van der Waals surface area contributed by atoms with Gasteiger partial charge in [-0.15, -0.1) is 4.80 Å². The Labute approximate surface area is 178 Å². The first-order valence-corrected chi connectivity index (χ1v) is 10.2. The van der Waals surface area contributed by atoms with Crippen LogP contribution in [0.3, 0.4) is 0 Å². The van der Waals surface area contributed by atoms with Crippen molar-refractivity contribution in [2.45, 2.75) is 26.2 Å². The van der Waals surface area contributed by atoms with Gasteiger partial charge in [-0.25, -0.2) is 15.0 Å². The molecule has 1 aliphatic rings. The number of carbonyl (C=O) groups excluding carboxylic acids is 1. The van der Waals surface area contributed by atoms with Crippen LogP contribution in [0.1, 0.15) is 35.4 Å². The summed E-state index contributed by atoms with van der Waals surface area (Å²) in [6, 6.07) is 3.78. The number of ether oxygens (including phenoxy) is 1. The van der Waals surface area contributed by atoms with Crippen LogP contribution in [-0.2, 0) is 4.74 Å². The van der Waals surface area contributed by atoms with Crippen molar-refractivity contribution in [2.24, 2.45) is 5.92 Å². The largest absolute Gasteiger partial charge is 0.382 e. The Balaban J connectivity index is 1.57. The van der Waals surface area contributed by atoms with Gasteiger partial charge in [0.25, 0.3) is 0 Å². The number of nitrogen functional groups attached to an aromatic ring is 1. The van der Waals surface area contributed by atoms with Crippen LogP contribution in [0.2, 0.25) is 0 Å². The molecule has 1 atom stereocenters. The fraction of sp³-hybridized carbons (Fsp3) is 0.333. The number of hydrogen-bond donors (Lipinski definition) is 1. The Morgan fingerprint density at radius 1 is 1.26 bits per heavy atom. The number of fused-ring (bicyclic) bond motifs is 1. The first-order chi connectivity index (χ1) is 15.1. The van der Waals surface area contributed by atoms with Crippen LogP contribution >= 0.6 is 0 Å². The van der Waals surface area contributed by atoms with Crippen molar-refractivity contribution >= 4 is 17.2 Å². The molecule has 0 aliphatic carbocycles. The summed E-state index contributed by atoms with van der Waals surface area (Å²) in [7, 11) is 0. The van der Waals surface area contributed by atoms with Crippen molar-refractivity contribution in [3.05, 3.63) is 48.3 Å². The van der Waals surface area contributed by atoms with Crippen molar-refractivity contribution in [1.29, 1.82) is 0 Å². The number of Topliss-reactive ketones (excluding diaryl/α,β-unsaturated/α-hetero) is 1. The van der Waals surface area contributed by atoms with Crippen LogP contribution in [0.4, 0.5) is 5.82 Å². The molecule has 158 valence electrons. The molecule has 1 fully saturated rings. The number of aromatic nitrogens is 7. The Morgan fingerprint density at radius 2 is 2.10 bits per heavy atom. The molecule has 0 spiro atoms. The second-order valence-corrected chi connectivity index (χ2v) is 7.69. The Kier molecular flexibility index (Phi) is 4.91. The Hall–Kier alpha value is -3.66. The van der Waals surface area contributed by atoms with Crippen molar-refractivity contribution in [3.8, 4) is 17.1 Å². The Morgan fingerprint density at radius 3 is 2.87 bits per heavy atom. The molecular weight excluding hydrogens is 396 g/mol.